The number of hydrogen-bond donors (Lipinski definition) is 1. The van der Waals surface area contributed by atoms with Gasteiger partial charge in [-0.25, -0.2) is 4.98 Å². The molecule has 7 heteroatoms. The first kappa shape index (κ1) is 23.4. The van der Waals surface area contributed by atoms with Gasteiger partial charge in [0.15, 0.2) is 5.69 Å². The molecule has 176 valence electrons. The Morgan fingerprint density at radius 3 is 2.62 bits per heavy atom. The molecule has 1 aromatic carbocycles. The Morgan fingerprint density at radius 2 is 1.91 bits per heavy atom. The molecule has 1 aliphatic carbocycles. The molecule has 0 atom stereocenters. The van der Waals surface area contributed by atoms with Crippen LogP contribution in [0.15, 0.2) is 65.5 Å². The Kier molecular flexibility index (Phi) is 7.86. The maximum atomic E-state index is 12.5. The van der Waals surface area contributed by atoms with Gasteiger partial charge in [0.05, 0.1) is 13.5 Å². The van der Waals surface area contributed by atoms with Crippen molar-refractivity contribution >= 4 is 17.4 Å². The van der Waals surface area contributed by atoms with Crippen LogP contribution < -0.4 is 5.32 Å². The monoisotopic (exact) mass is 459 g/mol. The fourth-order valence-electron chi connectivity index (χ4n) is 4.22. The minimum Gasteiger partial charge on any atom is -0.469 e. The molecule has 0 bridgehead atoms. The Labute approximate surface area is 199 Å². The molecule has 34 heavy (non-hydrogen) atoms. The normalized spacial score (nSPS) is 14.6. The quantitative estimate of drug-likeness (QED) is 0.474. The summed E-state index contributed by atoms with van der Waals surface area (Å²) in [6, 6.07) is 11.4. The Bertz CT molecular complexity index is 1130. The van der Waals surface area contributed by atoms with E-state index in [-0.39, 0.29) is 24.0 Å². The number of aromatic nitrogens is 2. The summed E-state index contributed by atoms with van der Waals surface area (Å²) in [7, 11) is 1.37. The third kappa shape index (κ3) is 5.98. The Balaban J connectivity index is 1.46. The summed E-state index contributed by atoms with van der Waals surface area (Å²) in [5.74, 6) is 0.419. The van der Waals surface area contributed by atoms with Crippen molar-refractivity contribution in [3.05, 3.63) is 78.0 Å². The number of carbonyl (C=O) groups is 2. The summed E-state index contributed by atoms with van der Waals surface area (Å²) in [5, 5.41) is 2.99. The molecular formula is C27H29N3O4. The second kappa shape index (κ2) is 11.4. The molecule has 1 N–H and O–H groups in total. The number of carbonyl (C=O) groups excluding carboxylic acids is 2. The Morgan fingerprint density at radius 1 is 1.12 bits per heavy atom. The third-order valence-corrected chi connectivity index (χ3v) is 6.13. The summed E-state index contributed by atoms with van der Waals surface area (Å²) in [5.41, 5.74) is 3.72. The standard InChI is InChI=1S/C27H29N3O4/c1-33-25(31)14-13-23(22-8-5-15-28-17-22)20-9-11-21(12-10-20)27-30-24(18-34-27)26(32)29-16-19-6-3-2-4-7-19/h5,8-13,15,17-19H,2-4,6-7,14,16H2,1H3,(H,29,32). The maximum absolute atomic E-state index is 12.5. The fraction of sp³-hybridized carbons (Fsp3) is 0.333. The van der Waals surface area contributed by atoms with Gasteiger partial charge in [-0.1, -0.05) is 43.5 Å². The molecule has 4 rings (SSSR count). The van der Waals surface area contributed by atoms with E-state index in [0.717, 1.165) is 22.3 Å². The number of methoxy groups -OCH3 is 1. The van der Waals surface area contributed by atoms with Crippen LogP contribution >= 0.6 is 0 Å². The van der Waals surface area contributed by atoms with E-state index in [0.29, 0.717) is 18.4 Å². The molecule has 1 amide bonds. The molecule has 1 fully saturated rings. The summed E-state index contributed by atoms with van der Waals surface area (Å²) >= 11 is 0. The van der Waals surface area contributed by atoms with Crippen LogP contribution in [0.1, 0.15) is 60.1 Å². The molecule has 3 aromatic rings. The minimum absolute atomic E-state index is 0.154. The largest absolute Gasteiger partial charge is 0.469 e. The first-order valence-corrected chi connectivity index (χ1v) is 11.7. The number of pyridine rings is 1. The van der Waals surface area contributed by atoms with Gasteiger partial charge in [-0.15, -0.1) is 0 Å². The average molecular weight is 460 g/mol. The van der Waals surface area contributed by atoms with Crippen molar-refractivity contribution in [3.63, 3.8) is 0 Å². The van der Waals surface area contributed by atoms with Crippen molar-refractivity contribution in [3.8, 4) is 11.5 Å². The van der Waals surface area contributed by atoms with Crippen molar-refractivity contribution in [1.29, 1.82) is 0 Å². The summed E-state index contributed by atoms with van der Waals surface area (Å²) in [6.45, 7) is 0.685. The van der Waals surface area contributed by atoms with Gasteiger partial charge in [0.1, 0.15) is 6.26 Å². The topological polar surface area (TPSA) is 94.3 Å². The van der Waals surface area contributed by atoms with Crippen LogP contribution in [0.2, 0.25) is 0 Å². The third-order valence-electron chi connectivity index (χ3n) is 6.13. The second-order valence-electron chi connectivity index (χ2n) is 8.47. The smallest absolute Gasteiger partial charge is 0.309 e. The van der Waals surface area contributed by atoms with E-state index in [1.807, 2.05) is 42.5 Å². The predicted octanol–water partition coefficient (Wildman–Crippen LogP) is 5.04. The van der Waals surface area contributed by atoms with E-state index >= 15 is 0 Å². The van der Waals surface area contributed by atoms with Gasteiger partial charge in [-0.2, -0.15) is 0 Å². The predicted molar refractivity (Wildman–Crippen MR) is 129 cm³/mol. The van der Waals surface area contributed by atoms with E-state index in [9.17, 15) is 9.59 Å². The molecular weight excluding hydrogens is 430 g/mol. The van der Waals surface area contributed by atoms with Crippen molar-refractivity contribution in [2.45, 2.75) is 38.5 Å². The highest BCUT2D eigenvalue weighted by Gasteiger charge is 2.17. The highest BCUT2D eigenvalue weighted by atomic mass is 16.5. The lowest BCUT2D eigenvalue weighted by atomic mass is 9.89. The van der Waals surface area contributed by atoms with Crippen LogP contribution in [0.5, 0.6) is 0 Å². The summed E-state index contributed by atoms with van der Waals surface area (Å²) in [6.07, 6.45) is 13.0. The van der Waals surface area contributed by atoms with Gasteiger partial charge in [0.25, 0.3) is 5.91 Å². The van der Waals surface area contributed by atoms with Crippen LogP contribution in [-0.4, -0.2) is 35.5 Å². The molecule has 0 unspecified atom stereocenters. The number of oxazole rings is 1. The van der Waals surface area contributed by atoms with Crippen LogP contribution in [0, 0.1) is 5.92 Å². The molecule has 2 heterocycles. The highest BCUT2D eigenvalue weighted by Crippen LogP contribution is 2.27. The fourth-order valence-corrected chi connectivity index (χ4v) is 4.22. The lowest BCUT2D eigenvalue weighted by molar-refractivity contribution is -0.139. The Hall–Kier alpha value is -3.74. The van der Waals surface area contributed by atoms with Gasteiger partial charge >= 0.3 is 5.97 Å². The molecule has 1 aliphatic rings. The van der Waals surface area contributed by atoms with E-state index in [1.165, 1.54) is 45.5 Å². The maximum Gasteiger partial charge on any atom is 0.309 e. The molecule has 1 saturated carbocycles. The van der Waals surface area contributed by atoms with E-state index in [1.54, 1.807) is 12.4 Å². The zero-order valence-corrected chi connectivity index (χ0v) is 19.3. The highest BCUT2D eigenvalue weighted by molar-refractivity contribution is 5.92. The van der Waals surface area contributed by atoms with Gasteiger partial charge in [0.2, 0.25) is 5.89 Å². The van der Waals surface area contributed by atoms with Gasteiger partial charge in [-0.05, 0) is 48.1 Å². The zero-order chi connectivity index (χ0) is 23.8. The number of hydrogen-bond acceptors (Lipinski definition) is 6. The van der Waals surface area contributed by atoms with Crippen molar-refractivity contribution in [2.24, 2.45) is 5.92 Å². The van der Waals surface area contributed by atoms with Crippen LogP contribution in [0.4, 0.5) is 0 Å². The summed E-state index contributed by atoms with van der Waals surface area (Å²) in [4.78, 5) is 32.7. The molecule has 0 spiro atoms. The molecule has 0 aliphatic heterocycles. The molecule has 7 nitrogen and oxygen atoms in total. The number of benzene rings is 1. The number of esters is 1. The number of ether oxygens (including phenoxy) is 1. The zero-order valence-electron chi connectivity index (χ0n) is 19.3. The minimum atomic E-state index is -0.313. The van der Waals surface area contributed by atoms with Gasteiger partial charge in [-0.3, -0.25) is 14.6 Å². The molecule has 2 aromatic heterocycles. The van der Waals surface area contributed by atoms with Crippen molar-refractivity contribution in [2.75, 3.05) is 13.7 Å². The van der Waals surface area contributed by atoms with Crippen LogP contribution in [0.3, 0.4) is 0 Å². The number of rotatable bonds is 8. The average Bonchev–Trinajstić information content (AvgIpc) is 3.39. The van der Waals surface area contributed by atoms with Gasteiger partial charge < -0.3 is 14.5 Å². The van der Waals surface area contributed by atoms with E-state index in [4.69, 9.17) is 9.15 Å². The van der Waals surface area contributed by atoms with Crippen LogP contribution in [0.25, 0.3) is 17.0 Å². The number of nitrogens with zero attached hydrogens (tertiary/aromatic N) is 2. The lowest BCUT2D eigenvalue weighted by Gasteiger charge is -2.21. The van der Waals surface area contributed by atoms with E-state index in [2.05, 4.69) is 15.3 Å². The summed E-state index contributed by atoms with van der Waals surface area (Å²) < 4.78 is 10.4. The lowest BCUT2D eigenvalue weighted by Crippen LogP contribution is -2.30. The van der Waals surface area contributed by atoms with Crippen molar-refractivity contribution < 1.29 is 18.7 Å². The van der Waals surface area contributed by atoms with Gasteiger partial charge in [0, 0.05) is 30.1 Å². The first-order valence-electron chi connectivity index (χ1n) is 11.7. The van der Waals surface area contributed by atoms with Crippen molar-refractivity contribution in [1.82, 2.24) is 15.3 Å². The number of amides is 1. The molecule has 0 radical (unpaired) electrons. The second-order valence-corrected chi connectivity index (χ2v) is 8.47. The molecule has 0 saturated heterocycles. The van der Waals surface area contributed by atoms with Crippen LogP contribution in [-0.2, 0) is 9.53 Å². The number of nitrogens with one attached hydrogen (secondary N) is 1. The SMILES string of the molecule is COC(=O)CC=C(c1ccc(-c2nc(C(=O)NCC3CCCCC3)co2)cc1)c1cccnc1. The first-order chi connectivity index (χ1) is 16.6. The van der Waals surface area contributed by atoms with E-state index < -0.39 is 0 Å².